The minimum absolute atomic E-state index is 0.261. The van der Waals surface area contributed by atoms with E-state index in [-0.39, 0.29) is 6.04 Å². The maximum Gasteiger partial charge on any atom is 0.0470 e. The molecule has 1 unspecified atom stereocenters. The van der Waals surface area contributed by atoms with Crippen molar-refractivity contribution < 1.29 is 4.74 Å². The Morgan fingerprint density at radius 3 is 2.83 bits per heavy atom. The van der Waals surface area contributed by atoms with Crippen molar-refractivity contribution in [3.8, 4) is 0 Å². The lowest BCUT2D eigenvalue weighted by molar-refractivity contribution is 0.200. The molecular weight excluding hydrogens is 310 g/mol. The van der Waals surface area contributed by atoms with Crippen molar-refractivity contribution in [3.63, 3.8) is 0 Å². The number of hydrogen-bond acceptors (Lipinski definition) is 3. The van der Waals surface area contributed by atoms with Gasteiger partial charge in [-0.05, 0) is 52.9 Å². The first kappa shape index (κ1) is 16.0. The zero-order chi connectivity index (χ0) is 13.4. The molecule has 1 aromatic rings. The van der Waals surface area contributed by atoms with Crippen LogP contribution in [0, 0.1) is 0 Å². The fourth-order valence-electron chi connectivity index (χ4n) is 1.62. The summed E-state index contributed by atoms with van der Waals surface area (Å²) < 4.78 is 6.22. The summed E-state index contributed by atoms with van der Waals surface area (Å²) in [6.07, 6.45) is 3.05. The van der Waals surface area contributed by atoms with Gasteiger partial charge in [-0.25, -0.2) is 0 Å². The number of hydrogen-bond donors (Lipinski definition) is 1. The minimum atomic E-state index is 0.261. The van der Waals surface area contributed by atoms with E-state index >= 15 is 0 Å². The smallest absolute Gasteiger partial charge is 0.0470 e. The number of methoxy groups -OCH3 is 1. The topological polar surface area (TPSA) is 35.2 Å². The third-order valence-electron chi connectivity index (χ3n) is 2.77. The summed E-state index contributed by atoms with van der Waals surface area (Å²) in [5, 5.41) is 0. The van der Waals surface area contributed by atoms with Gasteiger partial charge in [0.15, 0.2) is 0 Å². The van der Waals surface area contributed by atoms with Gasteiger partial charge in [0.1, 0.15) is 0 Å². The predicted molar refractivity (Wildman–Crippen MR) is 83.3 cm³/mol. The van der Waals surface area contributed by atoms with E-state index in [1.54, 1.807) is 7.11 Å². The Morgan fingerprint density at radius 1 is 1.44 bits per heavy atom. The van der Waals surface area contributed by atoms with Gasteiger partial charge in [-0.1, -0.05) is 13.0 Å². The highest BCUT2D eigenvalue weighted by Crippen LogP contribution is 2.29. The molecular formula is C14H22BrNOS. The van der Waals surface area contributed by atoms with Crippen molar-refractivity contribution in [2.75, 3.05) is 19.5 Å². The molecule has 0 saturated carbocycles. The van der Waals surface area contributed by atoms with Crippen LogP contribution in [-0.2, 0) is 11.2 Å². The van der Waals surface area contributed by atoms with Crippen LogP contribution in [0.2, 0.25) is 0 Å². The highest BCUT2D eigenvalue weighted by Gasteiger charge is 2.05. The molecule has 0 saturated heterocycles. The van der Waals surface area contributed by atoms with E-state index in [0.717, 1.165) is 31.6 Å². The molecule has 0 heterocycles. The van der Waals surface area contributed by atoms with Gasteiger partial charge in [0, 0.05) is 34.9 Å². The third-order valence-corrected chi connectivity index (χ3v) is 4.85. The van der Waals surface area contributed by atoms with Crippen molar-refractivity contribution in [2.24, 2.45) is 5.73 Å². The second-order valence-corrected chi connectivity index (χ2v) is 6.32. The van der Waals surface area contributed by atoms with E-state index in [0.29, 0.717) is 0 Å². The Morgan fingerprint density at radius 2 is 2.22 bits per heavy atom. The van der Waals surface area contributed by atoms with Gasteiger partial charge < -0.3 is 10.5 Å². The Balaban J connectivity index is 2.51. The van der Waals surface area contributed by atoms with Crippen LogP contribution in [0.1, 0.15) is 25.3 Å². The standard InChI is InChI=1S/C14H22BrNOS/c1-3-12(16)9-11-5-6-14(13(15)10-11)18-8-4-7-17-2/h5-6,10,12H,3-4,7-9,16H2,1-2H3. The van der Waals surface area contributed by atoms with Gasteiger partial charge in [-0.2, -0.15) is 0 Å². The first-order valence-electron chi connectivity index (χ1n) is 6.33. The average Bonchev–Trinajstić information content (AvgIpc) is 2.36. The first-order valence-corrected chi connectivity index (χ1v) is 8.11. The molecule has 0 aromatic heterocycles. The lowest BCUT2D eigenvalue weighted by Gasteiger charge is -2.11. The van der Waals surface area contributed by atoms with E-state index < -0.39 is 0 Å². The van der Waals surface area contributed by atoms with Gasteiger partial charge in [0.05, 0.1) is 0 Å². The molecule has 0 radical (unpaired) electrons. The van der Waals surface area contributed by atoms with Crippen LogP contribution in [0.4, 0.5) is 0 Å². The summed E-state index contributed by atoms with van der Waals surface area (Å²) in [6.45, 7) is 2.95. The van der Waals surface area contributed by atoms with Gasteiger partial charge in [-0.3, -0.25) is 0 Å². The summed E-state index contributed by atoms with van der Waals surface area (Å²) in [7, 11) is 1.74. The molecule has 0 aliphatic carbocycles. The zero-order valence-electron chi connectivity index (χ0n) is 11.1. The van der Waals surface area contributed by atoms with Gasteiger partial charge in [0.2, 0.25) is 0 Å². The molecule has 2 nitrogen and oxygen atoms in total. The van der Waals surface area contributed by atoms with Gasteiger partial charge in [0.25, 0.3) is 0 Å². The fourth-order valence-corrected chi connectivity index (χ4v) is 3.23. The van der Waals surface area contributed by atoms with Crippen molar-refractivity contribution in [1.82, 2.24) is 0 Å². The second-order valence-electron chi connectivity index (χ2n) is 4.33. The van der Waals surface area contributed by atoms with E-state index in [9.17, 15) is 0 Å². The van der Waals surface area contributed by atoms with Crippen LogP contribution in [-0.4, -0.2) is 25.5 Å². The molecule has 1 aromatic carbocycles. The molecule has 0 fully saturated rings. The lowest BCUT2D eigenvalue weighted by Crippen LogP contribution is -2.21. The summed E-state index contributed by atoms with van der Waals surface area (Å²) in [5.74, 6) is 1.08. The maximum atomic E-state index is 5.97. The van der Waals surface area contributed by atoms with E-state index in [2.05, 4.69) is 41.1 Å². The van der Waals surface area contributed by atoms with Crippen molar-refractivity contribution in [3.05, 3.63) is 28.2 Å². The Labute approximate surface area is 123 Å². The molecule has 4 heteroatoms. The molecule has 0 amide bonds. The van der Waals surface area contributed by atoms with Gasteiger partial charge in [-0.15, -0.1) is 11.8 Å². The summed E-state index contributed by atoms with van der Waals surface area (Å²) >= 11 is 5.50. The number of ether oxygens (including phenoxy) is 1. The minimum Gasteiger partial charge on any atom is -0.385 e. The largest absolute Gasteiger partial charge is 0.385 e. The lowest BCUT2D eigenvalue weighted by atomic mass is 10.1. The van der Waals surface area contributed by atoms with E-state index in [1.165, 1.54) is 14.9 Å². The molecule has 102 valence electrons. The SMILES string of the molecule is CCC(N)Cc1ccc(SCCCOC)c(Br)c1. The molecule has 1 atom stereocenters. The molecule has 0 aliphatic heterocycles. The number of halogens is 1. The van der Waals surface area contributed by atoms with Crippen LogP contribution in [0.15, 0.2) is 27.6 Å². The van der Waals surface area contributed by atoms with Crippen LogP contribution in [0.25, 0.3) is 0 Å². The normalized spacial score (nSPS) is 12.7. The van der Waals surface area contributed by atoms with Crippen molar-refractivity contribution in [2.45, 2.75) is 37.1 Å². The zero-order valence-corrected chi connectivity index (χ0v) is 13.5. The molecule has 0 aliphatic rings. The monoisotopic (exact) mass is 331 g/mol. The predicted octanol–water partition coefficient (Wildman–Crippen LogP) is 3.86. The quantitative estimate of drug-likeness (QED) is 0.580. The number of rotatable bonds is 8. The number of benzene rings is 1. The Hall–Kier alpha value is -0.0300. The molecule has 1 rings (SSSR count). The highest BCUT2D eigenvalue weighted by atomic mass is 79.9. The summed E-state index contributed by atoms with van der Waals surface area (Å²) in [4.78, 5) is 1.29. The highest BCUT2D eigenvalue weighted by molar-refractivity contribution is 9.10. The molecule has 0 spiro atoms. The molecule has 18 heavy (non-hydrogen) atoms. The summed E-state index contributed by atoms with van der Waals surface area (Å²) in [5.41, 5.74) is 7.28. The van der Waals surface area contributed by atoms with E-state index in [4.69, 9.17) is 10.5 Å². The average molecular weight is 332 g/mol. The second kappa shape index (κ2) is 8.97. The summed E-state index contributed by atoms with van der Waals surface area (Å²) in [6, 6.07) is 6.81. The first-order chi connectivity index (χ1) is 8.67. The van der Waals surface area contributed by atoms with E-state index in [1.807, 2.05) is 11.8 Å². The van der Waals surface area contributed by atoms with Crippen LogP contribution in [0.5, 0.6) is 0 Å². The maximum absolute atomic E-state index is 5.97. The van der Waals surface area contributed by atoms with Crippen molar-refractivity contribution in [1.29, 1.82) is 0 Å². The molecule has 0 bridgehead atoms. The fraction of sp³-hybridized carbons (Fsp3) is 0.571. The number of thioether (sulfide) groups is 1. The third kappa shape index (κ3) is 5.74. The van der Waals surface area contributed by atoms with Crippen LogP contribution in [0.3, 0.4) is 0 Å². The van der Waals surface area contributed by atoms with Crippen LogP contribution < -0.4 is 5.73 Å². The van der Waals surface area contributed by atoms with Gasteiger partial charge >= 0.3 is 0 Å². The van der Waals surface area contributed by atoms with Crippen molar-refractivity contribution >= 4 is 27.7 Å². The Bertz CT molecular complexity index is 360. The van der Waals surface area contributed by atoms with Crippen LogP contribution >= 0.6 is 27.7 Å². The molecule has 2 N–H and O–H groups in total. The Kier molecular flexibility index (Phi) is 7.98. The number of nitrogens with two attached hydrogens (primary N) is 1.